The summed E-state index contributed by atoms with van der Waals surface area (Å²) in [6.07, 6.45) is 0.626. The van der Waals surface area contributed by atoms with E-state index < -0.39 is 16.1 Å². The highest BCUT2D eigenvalue weighted by molar-refractivity contribution is 7.91. The number of rotatable bonds is 5. The van der Waals surface area contributed by atoms with Crippen molar-refractivity contribution in [2.24, 2.45) is 0 Å². The molecule has 0 atom stereocenters. The summed E-state index contributed by atoms with van der Waals surface area (Å²) < 4.78 is 33.9. The van der Waals surface area contributed by atoms with Gasteiger partial charge in [0.1, 0.15) is 5.75 Å². The van der Waals surface area contributed by atoms with Gasteiger partial charge in [0.05, 0.1) is 17.9 Å². The summed E-state index contributed by atoms with van der Waals surface area (Å²) >= 11 is 0. The average Bonchev–Trinajstić information content (AvgIpc) is 3.00. The van der Waals surface area contributed by atoms with Crippen LogP contribution in [0, 0.1) is 0 Å². The van der Waals surface area contributed by atoms with Gasteiger partial charge < -0.3 is 4.74 Å². The molecule has 0 aromatic heterocycles. The fraction of sp³-hybridized carbons (Fsp3) is 0.235. The monoisotopic (exact) mass is 346 g/mol. The van der Waals surface area contributed by atoms with Crippen LogP contribution in [0.2, 0.25) is 0 Å². The van der Waals surface area contributed by atoms with Gasteiger partial charge in [-0.15, -0.1) is 0 Å². The average molecular weight is 346 g/mol. The first-order valence-electron chi connectivity index (χ1n) is 7.67. The molecule has 2 aromatic carbocycles. The van der Waals surface area contributed by atoms with E-state index in [2.05, 4.69) is 4.72 Å². The van der Waals surface area contributed by atoms with Crippen LogP contribution in [0.25, 0.3) is 0 Å². The lowest BCUT2D eigenvalue weighted by atomic mass is 10.2. The molecular formula is C17H18N2O4S. The van der Waals surface area contributed by atoms with Crippen molar-refractivity contribution in [2.45, 2.75) is 13.3 Å². The van der Waals surface area contributed by atoms with E-state index >= 15 is 0 Å². The fourth-order valence-corrected chi connectivity index (χ4v) is 3.94. The first-order valence-corrected chi connectivity index (χ1v) is 9.11. The second-order valence-electron chi connectivity index (χ2n) is 5.32. The number of para-hydroxylation sites is 2. The minimum atomic E-state index is -3.97. The van der Waals surface area contributed by atoms with Crippen LogP contribution in [0.1, 0.15) is 22.8 Å². The molecule has 6 nitrogen and oxygen atoms in total. The molecule has 0 saturated heterocycles. The molecule has 7 heteroatoms. The van der Waals surface area contributed by atoms with Crippen molar-refractivity contribution < 1.29 is 17.9 Å². The number of hydrogen-bond acceptors (Lipinski definition) is 4. The first kappa shape index (κ1) is 16.3. The van der Waals surface area contributed by atoms with Gasteiger partial charge in [0, 0.05) is 6.54 Å². The van der Waals surface area contributed by atoms with Gasteiger partial charge in [-0.25, -0.2) is 4.72 Å². The summed E-state index contributed by atoms with van der Waals surface area (Å²) in [6.45, 7) is 2.50. The van der Waals surface area contributed by atoms with Gasteiger partial charge in [0.25, 0.3) is 5.91 Å². The maximum Gasteiger partial charge on any atom is 0.326 e. The third kappa shape index (κ3) is 3.07. The number of anilines is 1. The molecule has 1 N–H and O–H groups in total. The van der Waals surface area contributed by atoms with E-state index in [0.717, 1.165) is 5.56 Å². The number of benzene rings is 2. The standard InChI is InChI=1S/C17H18N2O4S/c1-2-23-16-10-6-4-8-14(16)17(20)18-24(21,22)19-12-11-13-7-3-5-9-15(13)19/h3-10H,2,11-12H2,1H3,(H,18,20). The fourth-order valence-electron chi connectivity index (χ4n) is 2.72. The van der Waals surface area contributed by atoms with Gasteiger partial charge in [-0.2, -0.15) is 8.42 Å². The van der Waals surface area contributed by atoms with Gasteiger partial charge in [-0.05, 0) is 37.1 Å². The molecule has 1 aliphatic rings. The Morgan fingerprint density at radius 3 is 2.67 bits per heavy atom. The van der Waals surface area contributed by atoms with E-state index in [0.29, 0.717) is 31.0 Å². The molecule has 0 radical (unpaired) electrons. The van der Waals surface area contributed by atoms with Crippen molar-refractivity contribution in [2.75, 3.05) is 17.5 Å². The van der Waals surface area contributed by atoms with Crippen molar-refractivity contribution >= 4 is 21.8 Å². The lowest BCUT2D eigenvalue weighted by molar-refractivity contribution is 0.0977. The smallest absolute Gasteiger partial charge is 0.326 e. The normalized spacial score (nSPS) is 13.5. The molecule has 1 aliphatic heterocycles. The Labute approximate surface area is 141 Å². The van der Waals surface area contributed by atoms with Crippen LogP contribution in [0.15, 0.2) is 48.5 Å². The van der Waals surface area contributed by atoms with E-state index in [9.17, 15) is 13.2 Å². The molecule has 2 aromatic rings. The van der Waals surface area contributed by atoms with Gasteiger partial charge in [-0.3, -0.25) is 9.10 Å². The molecule has 0 saturated carbocycles. The van der Waals surface area contributed by atoms with Gasteiger partial charge in [0.15, 0.2) is 0 Å². The highest BCUT2D eigenvalue weighted by atomic mass is 32.2. The van der Waals surface area contributed by atoms with E-state index in [-0.39, 0.29) is 5.56 Å². The molecule has 0 fully saturated rings. The third-order valence-corrected chi connectivity index (χ3v) is 5.19. The van der Waals surface area contributed by atoms with E-state index in [4.69, 9.17) is 4.74 Å². The van der Waals surface area contributed by atoms with Gasteiger partial charge in [-0.1, -0.05) is 30.3 Å². The number of carbonyl (C=O) groups is 1. The quantitative estimate of drug-likeness (QED) is 0.900. The molecule has 126 valence electrons. The Morgan fingerprint density at radius 1 is 1.17 bits per heavy atom. The highest BCUT2D eigenvalue weighted by Gasteiger charge is 2.31. The molecular weight excluding hydrogens is 328 g/mol. The number of nitrogens with zero attached hydrogens (tertiary/aromatic N) is 1. The van der Waals surface area contributed by atoms with E-state index in [1.54, 1.807) is 37.3 Å². The molecule has 0 spiro atoms. The van der Waals surface area contributed by atoms with Crippen LogP contribution in [0.4, 0.5) is 5.69 Å². The van der Waals surface area contributed by atoms with Crippen LogP contribution < -0.4 is 13.8 Å². The minimum absolute atomic E-state index is 0.190. The molecule has 3 rings (SSSR count). The number of nitrogens with one attached hydrogen (secondary N) is 1. The minimum Gasteiger partial charge on any atom is -0.493 e. The summed E-state index contributed by atoms with van der Waals surface area (Å²) in [6, 6.07) is 13.8. The zero-order valence-electron chi connectivity index (χ0n) is 13.2. The Balaban J connectivity index is 1.85. The van der Waals surface area contributed by atoms with Gasteiger partial charge in [0.2, 0.25) is 0 Å². The summed E-state index contributed by atoms with van der Waals surface area (Å²) in [5, 5.41) is 0. The Hall–Kier alpha value is -2.54. The Kier molecular flexibility index (Phi) is 4.44. The van der Waals surface area contributed by atoms with Crippen molar-refractivity contribution in [3.05, 3.63) is 59.7 Å². The third-order valence-electron chi connectivity index (χ3n) is 3.79. The lowest BCUT2D eigenvalue weighted by Gasteiger charge is -2.20. The molecule has 0 unspecified atom stereocenters. The van der Waals surface area contributed by atoms with Crippen LogP contribution in [0.5, 0.6) is 5.75 Å². The summed E-state index contributed by atoms with van der Waals surface area (Å²) in [5.41, 5.74) is 1.75. The summed E-state index contributed by atoms with van der Waals surface area (Å²) in [4.78, 5) is 12.4. The van der Waals surface area contributed by atoms with Gasteiger partial charge >= 0.3 is 10.2 Å². The van der Waals surface area contributed by atoms with E-state index in [1.165, 1.54) is 10.4 Å². The Bertz CT molecular complexity index is 864. The number of carbonyl (C=O) groups excluding carboxylic acids is 1. The molecule has 0 bridgehead atoms. The largest absolute Gasteiger partial charge is 0.493 e. The van der Waals surface area contributed by atoms with Crippen molar-refractivity contribution in [3.8, 4) is 5.75 Å². The topological polar surface area (TPSA) is 75.7 Å². The SMILES string of the molecule is CCOc1ccccc1C(=O)NS(=O)(=O)N1CCc2ccccc21. The summed E-state index contributed by atoms with van der Waals surface area (Å²) in [5.74, 6) is -0.349. The molecule has 1 amide bonds. The van der Waals surface area contributed by atoms with Crippen LogP contribution in [-0.2, 0) is 16.6 Å². The zero-order chi connectivity index (χ0) is 17.2. The summed E-state index contributed by atoms with van der Waals surface area (Å²) in [7, 11) is -3.97. The Morgan fingerprint density at radius 2 is 1.88 bits per heavy atom. The van der Waals surface area contributed by atoms with Crippen molar-refractivity contribution in [1.29, 1.82) is 0 Å². The molecule has 0 aliphatic carbocycles. The van der Waals surface area contributed by atoms with Crippen molar-refractivity contribution in [3.63, 3.8) is 0 Å². The lowest BCUT2D eigenvalue weighted by Crippen LogP contribution is -2.43. The second-order valence-corrected chi connectivity index (χ2v) is 6.91. The maximum absolute atomic E-state index is 12.6. The second kappa shape index (κ2) is 6.52. The number of hydrogen-bond donors (Lipinski definition) is 1. The highest BCUT2D eigenvalue weighted by Crippen LogP contribution is 2.29. The molecule has 1 heterocycles. The zero-order valence-corrected chi connectivity index (χ0v) is 14.0. The predicted molar refractivity (Wildman–Crippen MR) is 91.5 cm³/mol. The van der Waals surface area contributed by atoms with Crippen LogP contribution in [0.3, 0.4) is 0 Å². The number of fused-ring (bicyclic) bond motifs is 1. The van der Waals surface area contributed by atoms with Crippen LogP contribution >= 0.6 is 0 Å². The van der Waals surface area contributed by atoms with E-state index in [1.807, 2.05) is 12.1 Å². The van der Waals surface area contributed by atoms with Crippen molar-refractivity contribution in [1.82, 2.24) is 4.72 Å². The maximum atomic E-state index is 12.6. The van der Waals surface area contributed by atoms with Crippen LogP contribution in [-0.4, -0.2) is 27.5 Å². The molecule has 24 heavy (non-hydrogen) atoms. The predicted octanol–water partition coefficient (Wildman–Crippen LogP) is 2.12. The first-order chi connectivity index (χ1) is 11.5. The number of ether oxygens (including phenoxy) is 1. The number of amides is 1.